The van der Waals surface area contributed by atoms with Crippen LogP contribution in [0.3, 0.4) is 0 Å². The van der Waals surface area contributed by atoms with Gasteiger partial charge in [-0.3, -0.25) is 4.79 Å². The van der Waals surface area contributed by atoms with Gasteiger partial charge in [-0.1, -0.05) is 0 Å². The van der Waals surface area contributed by atoms with Crippen molar-refractivity contribution in [3.63, 3.8) is 0 Å². The molecule has 0 bridgehead atoms. The maximum absolute atomic E-state index is 11.0. The van der Waals surface area contributed by atoms with Gasteiger partial charge in [0.05, 0.1) is 13.2 Å². The van der Waals surface area contributed by atoms with Crippen LogP contribution in [0.15, 0.2) is 12.7 Å². The van der Waals surface area contributed by atoms with E-state index in [9.17, 15) is 4.79 Å². The molecule has 0 unspecified atom stereocenters. The lowest BCUT2D eigenvalue weighted by Crippen LogP contribution is -2.39. The molecule has 6 nitrogen and oxygen atoms in total. The van der Waals surface area contributed by atoms with Gasteiger partial charge in [0, 0.05) is 0 Å². The molecule has 0 aliphatic carbocycles. The van der Waals surface area contributed by atoms with Crippen molar-refractivity contribution in [1.29, 1.82) is 0 Å². The second kappa shape index (κ2) is 3.99. The van der Waals surface area contributed by atoms with Gasteiger partial charge in [-0.25, -0.2) is 9.67 Å². The average molecular weight is 184 g/mol. The first-order valence-corrected chi connectivity index (χ1v) is 3.84. The lowest BCUT2D eigenvalue weighted by molar-refractivity contribution is -0.143. The van der Waals surface area contributed by atoms with E-state index < -0.39 is 12.0 Å². The number of nitrogens with zero attached hydrogens (tertiary/aromatic N) is 3. The van der Waals surface area contributed by atoms with Gasteiger partial charge >= 0.3 is 5.97 Å². The smallest absolute Gasteiger partial charge is 0.324 e. The van der Waals surface area contributed by atoms with Crippen LogP contribution in [0.1, 0.15) is 13.0 Å². The van der Waals surface area contributed by atoms with E-state index in [1.807, 2.05) is 0 Å². The van der Waals surface area contributed by atoms with E-state index in [-0.39, 0.29) is 6.04 Å². The maximum atomic E-state index is 11.0. The van der Waals surface area contributed by atoms with E-state index in [4.69, 9.17) is 5.73 Å². The molecule has 1 aromatic rings. The van der Waals surface area contributed by atoms with Crippen LogP contribution in [0.2, 0.25) is 0 Å². The van der Waals surface area contributed by atoms with E-state index in [0.29, 0.717) is 0 Å². The predicted molar refractivity (Wildman–Crippen MR) is 44.7 cm³/mol. The number of ether oxygens (including phenoxy) is 1. The highest BCUT2D eigenvalue weighted by Gasteiger charge is 2.23. The van der Waals surface area contributed by atoms with Crippen LogP contribution < -0.4 is 5.73 Å². The maximum Gasteiger partial charge on any atom is 0.324 e. The van der Waals surface area contributed by atoms with Crippen molar-refractivity contribution in [1.82, 2.24) is 14.8 Å². The Morgan fingerprint density at radius 2 is 2.38 bits per heavy atom. The molecular weight excluding hydrogens is 172 g/mol. The zero-order valence-electron chi connectivity index (χ0n) is 7.54. The monoisotopic (exact) mass is 184 g/mol. The number of esters is 1. The molecule has 13 heavy (non-hydrogen) atoms. The molecule has 1 heterocycles. The summed E-state index contributed by atoms with van der Waals surface area (Å²) >= 11 is 0. The number of nitrogens with two attached hydrogens (primary N) is 1. The van der Waals surface area contributed by atoms with E-state index in [1.54, 1.807) is 6.92 Å². The van der Waals surface area contributed by atoms with Gasteiger partial charge in [-0.2, -0.15) is 5.10 Å². The summed E-state index contributed by atoms with van der Waals surface area (Å²) in [5.41, 5.74) is 5.60. The number of carbonyl (C=O) groups excluding carboxylic acids is 1. The summed E-state index contributed by atoms with van der Waals surface area (Å²) in [6, 6.07) is -0.971. The van der Waals surface area contributed by atoms with Crippen LogP contribution in [0.25, 0.3) is 0 Å². The average Bonchev–Trinajstić information content (AvgIpc) is 2.67. The van der Waals surface area contributed by atoms with Crippen LogP contribution in [0.5, 0.6) is 0 Å². The second-order valence-corrected chi connectivity index (χ2v) is 2.67. The number of carbonyl (C=O) groups is 1. The minimum Gasteiger partial charge on any atom is -0.468 e. The molecule has 6 heteroatoms. The van der Waals surface area contributed by atoms with Gasteiger partial charge < -0.3 is 10.5 Å². The molecule has 0 radical (unpaired) electrons. The van der Waals surface area contributed by atoms with Crippen molar-refractivity contribution in [3.8, 4) is 0 Å². The molecular formula is C7H12N4O2. The first kappa shape index (κ1) is 9.66. The Bertz CT molecular complexity index is 272. The molecule has 0 spiro atoms. The van der Waals surface area contributed by atoms with Gasteiger partial charge in [0.25, 0.3) is 0 Å². The zero-order chi connectivity index (χ0) is 9.84. The Labute approximate surface area is 75.7 Å². The molecule has 0 amide bonds. The van der Waals surface area contributed by atoms with Crippen molar-refractivity contribution in [3.05, 3.63) is 12.7 Å². The molecule has 72 valence electrons. The van der Waals surface area contributed by atoms with Gasteiger partial charge in [0.2, 0.25) is 0 Å². The summed E-state index contributed by atoms with van der Waals surface area (Å²) in [5, 5.41) is 3.87. The number of rotatable bonds is 3. The third-order valence-electron chi connectivity index (χ3n) is 1.85. The van der Waals surface area contributed by atoms with Crippen LogP contribution in [0.4, 0.5) is 0 Å². The van der Waals surface area contributed by atoms with Gasteiger partial charge in [-0.15, -0.1) is 0 Å². The molecule has 0 saturated heterocycles. The van der Waals surface area contributed by atoms with Crippen molar-refractivity contribution in [2.75, 3.05) is 7.11 Å². The summed E-state index contributed by atoms with van der Waals surface area (Å²) in [5.74, 6) is -0.456. The summed E-state index contributed by atoms with van der Waals surface area (Å²) in [7, 11) is 1.30. The highest BCUT2D eigenvalue weighted by atomic mass is 16.5. The Hall–Kier alpha value is -1.43. The molecule has 0 saturated carbocycles. The Balaban J connectivity index is 2.68. The van der Waals surface area contributed by atoms with Crippen LogP contribution >= 0.6 is 0 Å². The lowest BCUT2D eigenvalue weighted by Gasteiger charge is -2.16. The largest absolute Gasteiger partial charge is 0.468 e. The minimum atomic E-state index is -0.716. The Kier molecular flexibility index (Phi) is 2.97. The summed E-state index contributed by atoms with van der Waals surface area (Å²) in [6.45, 7) is 1.77. The molecule has 0 fully saturated rings. The molecule has 0 aromatic carbocycles. The van der Waals surface area contributed by atoms with Crippen LogP contribution in [-0.2, 0) is 9.53 Å². The summed E-state index contributed by atoms with van der Waals surface area (Å²) < 4.78 is 6.02. The fourth-order valence-corrected chi connectivity index (χ4v) is 0.925. The van der Waals surface area contributed by atoms with Gasteiger partial charge in [0.15, 0.2) is 0 Å². The molecule has 0 aliphatic rings. The highest BCUT2D eigenvalue weighted by Crippen LogP contribution is 2.07. The van der Waals surface area contributed by atoms with Crippen molar-refractivity contribution in [2.24, 2.45) is 5.73 Å². The van der Waals surface area contributed by atoms with Crippen LogP contribution in [0, 0.1) is 0 Å². The first-order valence-electron chi connectivity index (χ1n) is 3.84. The SMILES string of the molecule is COC(=O)[C@H](N)[C@@H](C)n1cncn1. The molecule has 2 atom stereocenters. The second-order valence-electron chi connectivity index (χ2n) is 2.67. The predicted octanol–water partition coefficient (Wildman–Crippen LogP) is -0.661. The number of aromatic nitrogens is 3. The van der Waals surface area contributed by atoms with Gasteiger partial charge in [-0.05, 0) is 6.92 Å². The fourth-order valence-electron chi connectivity index (χ4n) is 0.925. The van der Waals surface area contributed by atoms with Gasteiger partial charge in [0.1, 0.15) is 18.7 Å². The summed E-state index contributed by atoms with van der Waals surface area (Å²) in [4.78, 5) is 14.8. The third-order valence-corrected chi connectivity index (χ3v) is 1.85. The molecule has 2 N–H and O–H groups in total. The molecule has 1 rings (SSSR count). The fraction of sp³-hybridized carbons (Fsp3) is 0.571. The van der Waals surface area contributed by atoms with Crippen molar-refractivity contribution in [2.45, 2.75) is 19.0 Å². The number of hydrogen-bond donors (Lipinski definition) is 1. The third kappa shape index (κ3) is 2.03. The normalized spacial score (nSPS) is 15.0. The standard InChI is InChI=1S/C7H12N4O2/c1-5(6(8)7(12)13-2)11-4-9-3-10-11/h3-6H,8H2,1-2H3/t5-,6-/m1/s1. The molecule has 1 aromatic heterocycles. The quantitative estimate of drug-likeness (QED) is 0.630. The van der Waals surface area contributed by atoms with Crippen molar-refractivity contribution < 1.29 is 9.53 Å². The topological polar surface area (TPSA) is 83.0 Å². The Morgan fingerprint density at radius 1 is 1.69 bits per heavy atom. The van der Waals surface area contributed by atoms with E-state index in [1.165, 1.54) is 24.4 Å². The van der Waals surface area contributed by atoms with E-state index >= 15 is 0 Å². The zero-order valence-corrected chi connectivity index (χ0v) is 7.54. The first-order chi connectivity index (χ1) is 6.16. The number of hydrogen-bond acceptors (Lipinski definition) is 5. The minimum absolute atomic E-state index is 0.255. The summed E-state index contributed by atoms with van der Waals surface area (Å²) in [6.07, 6.45) is 2.90. The van der Waals surface area contributed by atoms with E-state index in [0.717, 1.165) is 0 Å². The lowest BCUT2D eigenvalue weighted by atomic mass is 10.1. The highest BCUT2D eigenvalue weighted by molar-refractivity contribution is 5.75. The van der Waals surface area contributed by atoms with Crippen LogP contribution in [-0.4, -0.2) is 33.9 Å². The van der Waals surface area contributed by atoms with Crippen molar-refractivity contribution >= 4 is 5.97 Å². The van der Waals surface area contributed by atoms with E-state index in [2.05, 4.69) is 14.8 Å². The Morgan fingerprint density at radius 3 is 2.85 bits per heavy atom. The number of methoxy groups -OCH3 is 1. The molecule has 0 aliphatic heterocycles.